The summed E-state index contributed by atoms with van der Waals surface area (Å²) in [4.78, 5) is 5.33. The highest BCUT2D eigenvalue weighted by Gasteiger charge is 2.28. The molecule has 0 aromatic rings. The van der Waals surface area contributed by atoms with Crippen LogP contribution in [0.1, 0.15) is 19.8 Å². The molecule has 2 saturated heterocycles. The van der Waals surface area contributed by atoms with Crippen LogP contribution in [0.2, 0.25) is 0 Å². The zero-order chi connectivity index (χ0) is 10.7. The van der Waals surface area contributed by atoms with Crippen LogP contribution in [0.25, 0.3) is 0 Å². The highest BCUT2D eigenvalue weighted by molar-refractivity contribution is 14.1. The lowest BCUT2D eigenvalue weighted by molar-refractivity contribution is 0.148. The first-order chi connectivity index (χ1) is 7.29. The highest BCUT2D eigenvalue weighted by atomic mass is 127. The molecule has 4 heteroatoms. The number of rotatable bonds is 3. The second-order valence-electron chi connectivity index (χ2n) is 4.69. The molecule has 0 aliphatic carbocycles. The van der Waals surface area contributed by atoms with E-state index in [1.165, 1.54) is 58.7 Å². The second-order valence-corrected chi connectivity index (χ2v) is 6.05. The van der Waals surface area contributed by atoms with Crippen molar-refractivity contribution in [2.24, 2.45) is 0 Å². The van der Waals surface area contributed by atoms with Crippen LogP contribution in [0, 0.1) is 0 Å². The van der Waals surface area contributed by atoms with Crippen LogP contribution in [0.3, 0.4) is 0 Å². The lowest BCUT2D eigenvalue weighted by Gasteiger charge is -2.35. The van der Waals surface area contributed by atoms with Crippen molar-refractivity contribution in [1.29, 1.82) is 0 Å². The van der Waals surface area contributed by atoms with E-state index < -0.39 is 0 Å². The fraction of sp³-hybridized carbons (Fsp3) is 1.00. The molecule has 0 amide bonds. The Morgan fingerprint density at radius 2 is 1.87 bits per heavy atom. The Hall–Kier alpha value is 0.610. The smallest absolute Gasteiger partial charge is 0.0236 e. The molecule has 3 nitrogen and oxygen atoms in total. The molecule has 1 unspecified atom stereocenters. The second kappa shape index (κ2) is 5.80. The van der Waals surface area contributed by atoms with Gasteiger partial charge in [-0.2, -0.15) is 0 Å². The molecule has 2 aliphatic rings. The van der Waals surface area contributed by atoms with E-state index in [1.54, 1.807) is 0 Å². The zero-order valence-corrected chi connectivity index (χ0v) is 11.8. The molecule has 88 valence electrons. The predicted octanol–water partition coefficient (Wildman–Crippen LogP) is 1.44. The monoisotopic (exact) mass is 323 g/mol. The molecule has 2 rings (SSSR count). The number of nitrogens with zero attached hydrogens (tertiary/aromatic N) is 3. The normalized spacial score (nSPS) is 31.2. The van der Waals surface area contributed by atoms with E-state index in [9.17, 15) is 0 Å². The summed E-state index contributed by atoms with van der Waals surface area (Å²) in [6.45, 7) is 11.2. The van der Waals surface area contributed by atoms with Crippen molar-refractivity contribution < 1.29 is 0 Å². The summed E-state index contributed by atoms with van der Waals surface area (Å²) < 4.78 is 2.41. The van der Waals surface area contributed by atoms with Crippen molar-refractivity contribution >= 4 is 22.9 Å². The van der Waals surface area contributed by atoms with Crippen molar-refractivity contribution in [3.63, 3.8) is 0 Å². The van der Waals surface area contributed by atoms with E-state index in [1.807, 2.05) is 0 Å². The molecule has 2 heterocycles. The van der Waals surface area contributed by atoms with Gasteiger partial charge in [-0.25, -0.2) is 3.11 Å². The Balaban J connectivity index is 1.75. The maximum atomic E-state index is 2.70. The van der Waals surface area contributed by atoms with Gasteiger partial charge in [-0.1, -0.05) is 6.92 Å². The number of hydrogen-bond donors (Lipinski definition) is 0. The molecule has 0 aromatic heterocycles. The largest absolute Gasteiger partial charge is 0.302 e. The van der Waals surface area contributed by atoms with Gasteiger partial charge in [-0.3, -0.25) is 4.90 Å². The summed E-state index contributed by atoms with van der Waals surface area (Å²) in [7, 11) is 0. The molecule has 0 radical (unpaired) electrons. The minimum Gasteiger partial charge on any atom is -0.302 e. The zero-order valence-electron chi connectivity index (χ0n) is 9.66. The van der Waals surface area contributed by atoms with Gasteiger partial charge in [0.15, 0.2) is 0 Å². The maximum absolute atomic E-state index is 2.70. The predicted molar refractivity (Wildman–Crippen MR) is 72.3 cm³/mol. The SMILES string of the molecule is CCCN1CCC(N2CCN(I)CC2)C1. The van der Waals surface area contributed by atoms with Gasteiger partial charge in [-0.15, -0.1) is 0 Å². The standard InChI is InChI=1S/C11H22IN3/c1-2-4-13-5-3-11(10-13)14-6-8-15(12)9-7-14/h11H,2-10H2,1H3. The van der Waals surface area contributed by atoms with Crippen molar-refractivity contribution in [2.75, 3.05) is 45.8 Å². The first kappa shape index (κ1) is 12.1. The fourth-order valence-corrected chi connectivity index (χ4v) is 3.12. The quantitative estimate of drug-likeness (QED) is 0.575. The summed E-state index contributed by atoms with van der Waals surface area (Å²) >= 11 is 2.44. The van der Waals surface area contributed by atoms with Crippen molar-refractivity contribution in [1.82, 2.24) is 12.9 Å². The molecule has 0 N–H and O–H groups in total. The molecule has 0 bridgehead atoms. The van der Waals surface area contributed by atoms with E-state index in [-0.39, 0.29) is 0 Å². The van der Waals surface area contributed by atoms with Gasteiger partial charge in [0, 0.05) is 61.6 Å². The first-order valence-corrected chi connectivity index (χ1v) is 7.13. The molecule has 0 spiro atoms. The van der Waals surface area contributed by atoms with Crippen LogP contribution in [0.15, 0.2) is 0 Å². The Morgan fingerprint density at radius 3 is 2.53 bits per heavy atom. The molecule has 2 fully saturated rings. The maximum Gasteiger partial charge on any atom is 0.0236 e. The fourth-order valence-electron chi connectivity index (χ4n) is 2.69. The molecule has 15 heavy (non-hydrogen) atoms. The third kappa shape index (κ3) is 3.28. The van der Waals surface area contributed by atoms with Crippen LogP contribution in [0.5, 0.6) is 0 Å². The molecule has 0 saturated carbocycles. The molecular weight excluding hydrogens is 301 g/mol. The van der Waals surface area contributed by atoms with E-state index in [0.29, 0.717) is 0 Å². The minimum absolute atomic E-state index is 0.849. The van der Waals surface area contributed by atoms with Crippen molar-refractivity contribution in [3.8, 4) is 0 Å². The van der Waals surface area contributed by atoms with Gasteiger partial charge in [0.1, 0.15) is 0 Å². The molecular formula is C11H22IN3. The summed E-state index contributed by atoms with van der Waals surface area (Å²) in [5.74, 6) is 0. The minimum atomic E-state index is 0.849. The Kier molecular flexibility index (Phi) is 4.67. The van der Waals surface area contributed by atoms with E-state index in [4.69, 9.17) is 0 Å². The average Bonchev–Trinajstić information content (AvgIpc) is 2.68. The third-order valence-electron chi connectivity index (χ3n) is 3.56. The summed E-state index contributed by atoms with van der Waals surface area (Å²) in [5, 5.41) is 0. The van der Waals surface area contributed by atoms with Crippen LogP contribution in [0.4, 0.5) is 0 Å². The topological polar surface area (TPSA) is 9.72 Å². The van der Waals surface area contributed by atoms with Crippen molar-refractivity contribution in [2.45, 2.75) is 25.8 Å². The van der Waals surface area contributed by atoms with Gasteiger partial charge in [-0.05, 0) is 25.9 Å². The van der Waals surface area contributed by atoms with Gasteiger partial charge in [0.2, 0.25) is 0 Å². The molecule has 0 aromatic carbocycles. The highest BCUT2D eigenvalue weighted by Crippen LogP contribution is 2.18. The van der Waals surface area contributed by atoms with Crippen LogP contribution in [-0.2, 0) is 0 Å². The van der Waals surface area contributed by atoms with Gasteiger partial charge in [0.25, 0.3) is 0 Å². The number of halogens is 1. The van der Waals surface area contributed by atoms with E-state index in [2.05, 4.69) is 42.7 Å². The van der Waals surface area contributed by atoms with Crippen LogP contribution in [-0.4, -0.2) is 64.8 Å². The van der Waals surface area contributed by atoms with Crippen LogP contribution < -0.4 is 0 Å². The Morgan fingerprint density at radius 1 is 1.13 bits per heavy atom. The van der Waals surface area contributed by atoms with Gasteiger partial charge >= 0.3 is 0 Å². The lowest BCUT2D eigenvalue weighted by Crippen LogP contribution is -2.48. The lowest BCUT2D eigenvalue weighted by atomic mass is 10.2. The average molecular weight is 323 g/mol. The number of piperazine rings is 1. The summed E-state index contributed by atoms with van der Waals surface area (Å²) in [6, 6.07) is 0.849. The Labute approximate surface area is 107 Å². The first-order valence-electron chi connectivity index (χ1n) is 6.16. The summed E-state index contributed by atoms with van der Waals surface area (Å²) in [5.41, 5.74) is 0. The van der Waals surface area contributed by atoms with Crippen molar-refractivity contribution in [3.05, 3.63) is 0 Å². The Bertz CT molecular complexity index is 192. The summed E-state index contributed by atoms with van der Waals surface area (Å²) in [6.07, 6.45) is 2.69. The van der Waals surface area contributed by atoms with E-state index in [0.717, 1.165) is 6.04 Å². The third-order valence-corrected chi connectivity index (χ3v) is 4.53. The van der Waals surface area contributed by atoms with Crippen LogP contribution >= 0.6 is 22.9 Å². The number of hydrogen-bond acceptors (Lipinski definition) is 3. The van der Waals surface area contributed by atoms with Gasteiger partial charge in [0.05, 0.1) is 0 Å². The van der Waals surface area contributed by atoms with E-state index >= 15 is 0 Å². The van der Waals surface area contributed by atoms with Gasteiger partial charge < -0.3 is 4.90 Å². The molecule has 1 atom stereocenters. The molecule has 2 aliphatic heterocycles. The number of likely N-dealkylation sites (tertiary alicyclic amines) is 1.